The van der Waals surface area contributed by atoms with Crippen molar-refractivity contribution < 1.29 is 19.1 Å². The van der Waals surface area contributed by atoms with Crippen LogP contribution in [0.15, 0.2) is 41.4 Å². The monoisotopic (exact) mass is 466 g/mol. The summed E-state index contributed by atoms with van der Waals surface area (Å²) in [6.45, 7) is 2.59. The molecule has 1 heterocycles. The molecule has 0 aliphatic rings. The third kappa shape index (κ3) is 5.22. The van der Waals surface area contributed by atoms with E-state index in [0.29, 0.717) is 43.0 Å². The maximum absolute atomic E-state index is 12.7. The second kappa shape index (κ2) is 10.1. The van der Waals surface area contributed by atoms with Crippen molar-refractivity contribution in [1.82, 2.24) is 4.57 Å². The number of rotatable bonds is 7. The molecule has 158 valence electrons. The van der Waals surface area contributed by atoms with Gasteiger partial charge < -0.3 is 14.0 Å². The summed E-state index contributed by atoms with van der Waals surface area (Å²) >= 11 is 13.7. The van der Waals surface area contributed by atoms with Crippen LogP contribution in [0, 0.1) is 0 Å². The predicted octanol–water partition coefficient (Wildman–Crippen LogP) is 5.10. The molecule has 0 unspecified atom stereocenters. The number of halogens is 2. The quantitative estimate of drug-likeness (QED) is 0.358. The van der Waals surface area contributed by atoms with Crippen molar-refractivity contribution in [2.75, 3.05) is 13.7 Å². The van der Waals surface area contributed by atoms with E-state index in [4.69, 9.17) is 32.7 Å². The molecule has 0 N–H and O–H groups in total. The van der Waals surface area contributed by atoms with Crippen LogP contribution >= 0.6 is 34.5 Å². The van der Waals surface area contributed by atoms with Gasteiger partial charge in [-0.3, -0.25) is 9.59 Å². The van der Waals surface area contributed by atoms with E-state index in [9.17, 15) is 9.59 Å². The van der Waals surface area contributed by atoms with Gasteiger partial charge in [-0.2, -0.15) is 4.99 Å². The fourth-order valence-corrected chi connectivity index (χ4v) is 4.54. The lowest BCUT2D eigenvalue weighted by molar-refractivity contribution is -0.141. The van der Waals surface area contributed by atoms with Crippen LogP contribution in [0.3, 0.4) is 0 Å². The van der Waals surface area contributed by atoms with Gasteiger partial charge in [0, 0.05) is 10.6 Å². The van der Waals surface area contributed by atoms with Gasteiger partial charge in [-0.15, -0.1) is 0 Å². The lowest BCUT2D eigenvalue weighted by Crippen LogP contribution is -2.22. The number of nitrogens with zero attached hydrogens (tertiary/aromatic N) is 2. The normalized spacial score (nSPS) is 11.7. The number of hydrogen-bond acceptors (Lipinski definition) is 5. The van der Waals surface area contributed by atoms with Crippen LogP contribution in [0.2, 0.25) is 10.0 Å². The van der Waals surface area contributed by atoms with E-state index in [1.807, 2.05) is 0 Å². The van der Waals surface area contributed by atoms with E-state index < -0.39 is 11.9 Å². The zero-order chi connectivity index (χ0) is 21.7. The molecule has 1 aromatic heterocycles. The van der Waals surface area contributed by atoms with Crippen molar-refractivity contribution in [2.45, 2.75) is 26.3 Å². The minimum absolute atomic E-state index is 0.131. The molecule has 2 aromatic carbocycles. The van der Waals surface area contributed by atoms with Gasteiger partial charge in [0.2, 0.25) is 0 Å². The van der Waals surface area contributed by atoms with Gasteiger partial charge in [-0.05, 0) is 42.8 Å². The highest BCUT2D eigenvalue weighted by Gasteiger charge is 2.16. The lowest BCUT2D eigenvalue weighted by Gasteiger charge is -2.06. The number of methoxy groups -OCH3 is 1. The van der Waals surface area contributed by atoms with Gasteiger partial charge >= 0.3 is 5.97 Å². The Hall–Kier alpha value is -2.35. The summed E-state index contributed by atoms with van der Waals surface area (Å²) in [5.74, 6) is -0.227. The average Bonchev–Trinajstić information content (AvgIpc) is 3.05. The molecule has 0 spiro atoms. The molecule has 6 nitrogen and oxygen atoms in total. The number of thiazole rings is 1. The second-order valence-corrected chi connectivity index (χ2v) is 8.28. The number of ether oxygens (including phenoxy) is 2. The number of esters is 1. The second-order valence-electron chi connectivity index (χ2n) is 6.42. The van der Waals surface area contributed by atoms with Crippen LogP contribution in [0.1, 0.15) is 30.1 Å². The van der Waals surface area contributed by atoms with Crippen LogP contribution in [0.4, 0.5) is 0 Å². The molecular weight excluding hydrogens is 447 g/mol. The molecule has 0 fully saturated rings. The van der Waals surface area contributed by atoms with Crippen molar-refractivity contribution in [2.24, 2.45) is 4.99 Å². The average molecular weight is 467 g/mol. The molecular formula is C21H20Cl2N2O4S. The first kappa shape index (κ1) is 22.3. The van der Waals surface area contributed by atoms with E-state index in [-0.39, 0.29) is 6.54 Å². The summed E-state index contributed by atoms with van der Waals surface area (Å²) in [6, 6.07) is 10.1. The number of aromatic nitrogens is 1. The summed E-state index contributed by atoms with van der Waals surface area (Å²) in [5, 5.41) is 0.815. The van der Waals surface area contributed by atoms with Crippen LogP contribution in [-0.4, -0.2) is 30.2 Å². The smallest absolute Gasteiger partial charge is 0.325 e. The SMILES string of the molecule is CCCCOc1ccc(C(=O)N=c2sc3cc(Cl)cc(Cl)c3n2CC(=O)OC)cc1. The molecule has 0 bridgehead atoms. The topological polar surface area (TPSA) is 69.9 Å². The Kier molecular flexibility index (Phi) is 7.53. The number of unbranched alkanes of at least 4 members (excludes halogenated alkanes) is 1. The summed E-state index contributed by atoms with van der Waals surface area (Å²) in [4.78, 5) is 29.2. The molecule has 0 saturated carbocycles. The van der Waals surface area contributed by atoms with Crippen LogP contribution in [0.25, 0.3) is 10.2 Å². The number of fused-ring (bicyclic) bond motifs is 1. The third-order valence-electron chi connectivity index (χ3n) is 4.28. The molecule has 9 heteroatoms. The highest BCUT2D eigenvalue weighted by molar-refractivity contribution is 7.16. The Morgan fingerprint density at radius 3 is 2.57 bits per heavy atom. The van der Waals surface area contributed by atoms with E-state index in [2.05, 4.69) is 11.9 Å². The first-order valence-electron chi connectivity index (χ1n) is 9.30. The Labute approximate surface area is 187 Å². The number of carbonyl (C=O) groups is 2. The fourth-order valence-electron chi connectivity index (χ4n) is 2.73. The molecule has 0 atom stereocenters. The standard InChI is InChI=1S/C21H20Cl2N2O4S/c1-3-4-9-29-15-7-5-13(6-8-15)20(27)24-21-25(12-18(26)28-2)19-16(23)10-14(22)11-17(19)30-21/h5-8,10-11H,3-4,9,12H2,1-2H3. The molecule has 3 rings (SSSR count). The zero-order valence-electron chi connectivity index (χ0n) is 16.5. The summed E-state index contributed by atoms with van der Waals surface area (Å²) in [5.41, 5.74) is 0.978. The molecule has 30 heavy (non-hydrogen) atoms. The molecule has 0 radical (unpaired) electrons. The van der Waals surface area contributed by atoms with Crippen molar-refractivity contribution in [3.8, 4) is 5.75 Å². The first-order valence-corrected chi connectivity index (χ1v) is 10.9. The van der Waals surface area contributed by atoms with Crippen LogP contribution in [0.5, 0.6) is 5.75 Å². The molecule has 0 aliphatic carbocycles. The summed E-state index contributed by atoms with van der Waals surface area (Å²) < 4.78 is 12.7. The predicted molar refractivity (Wildman–Crippen MR) is 119 cm³/mol. The Morgan fingerprint density at radius 1 is 1.17 bits per heavy atom. The van der Waals surface area contributed by atoms with E-state index in [0.717, 1.165) is 12.8 Å². The summed E-state index contributed by atoms with van der Waals surface area (Å²) in [7, 11) is 1.29. The van der Waals surface area contributed by atoms with E-state index in [1.165, 1.54) is 18.4 Å². The van der Waals surface area contributed by atoms with Gasteiger partial charge in [-0.1, -0.05) is 47.9 Å². The van der Waals surface area contributed by atoms with Crippen molar-refractivity contribution in [3.05, 3.63) is 56.8 Å². The largest absolute Gasteiger partial charge is 0.494 e. The van der Waals surface area contributed by atoms with E-state index in [1.54, 1.807) is 41.0 Å². The summed E-state index contributed by atoms with van der Waals surface area (Å²) in [6.07, 6.45) is 2.01. The first-order chi connectivity index (χ1) is 14.4. The third-order valence-corrected chi connectivity index (χ3v) is 5.81. The highest BCUT2D eigenvalue weighted by Crippen LogP contribution is 2.29. The molecule has 0 aliphatic heterocycles. The fraction of sp³-hybridized carbons (Fsp3) is 0.286. The lowest BCUT2D eigenvalue weighted by atomic mass is 10.2. The van der Waals surface area contributed by atoms with Gasteiger partial charge in [0.1, 0.15) is 12.3 Å². The molecule has 1 amide bonds. The molecule has 0 saturated heterocycles. The molecule has 3 aromatic rings. The maximum Gasteiger partial charge on any atom is 0.325 e. The zero-order valence-corrected chi connectivity index (χ0v) is 18.8. The van der Waals surface area contributed by atoms with Crippen molar-refractivity contribution >= 4 is 56.6 Å². The van der Waals surface area contributed by atoms with Gasteiger partial charge in [-0.25, -0.2) is 0 Å². The van der Waals surface area contributed by atoms with Crippen molar-refractivity contribution in [1.29, 1.82) is 0 Å². The Bertz CT molecular complexity index is 1140. The Balaban J connectivity index is 1.98. The number of carbonyl (C=O) groups excluding carboxylic acids is 2. The highest BCUT2D eigenvalue weighted by atomic mass is 35.5. The number of benzene rings is 2. The van der Waals surface area contributed by atoms with Gasteiger partial charge in [0.15, 0.2) is 4.80 Å². The number of hydrogen-bond donors (Lipinski definition) is 0. The van der Waals surface area contributed by atoms with E-state index >= 15 is 0 Å². The van der Waals surface area contributed by atoms with Crippen molar-refractivity contribution in [3.63, 3.8) is 0 Å². The number of amides is 1. The minimum Gasteiger partial charge on any atom is -0.494 e. The van der Waals surface area contributed by atoms with Gasteiger partial charge in [0.25, 0.3) is 5.91 Å². The van der Waals surface area contributed by atoms with Crippen LogP contribution in [-0.2, 0) is 16.1 Å². The maximum atomic E-state index is 12.7. The van der Waals surface area contributed by atoms with Gasteiger partial charge in [0.05, 0.1) is 29.0 Å². The van der Waals surface area contributed by atoms with Crippen LogP contribution < -0.4 is 9.54 Å². The Morgan fingerprint density at radius 2 is 1.90 bits per heavy atom. The minimum atomic E-state index is -0.483.